The molecule has 6 heteroatoms. The molecule has 4 nitrogen and oxygen atoms in total. The fourth-order valence-electron chi connectivity index (χ4n) is 1.95. The molecule has 1 N–H and O–H groups in total. The summed E-state index contributed by atoms with van der Waals surface area (Å²) in [7, 11) is -3.83. The molecule has 1 aromatic rings. The van der Waals surface area contributed by atoms with Gasteiger partial charge in [-0.1, -0.05) is 23.7 Å². The summed E-state index contributed by atoms with van der Waals surface area (Å²) in [6.07, 6.45) is -0.847. The predicted molar refractivity (Wildman–Crippen MR) is 62.2 cm³/mol. The summed E-state index contributed by atoms with van der Waals surface area (Å²) >= 11 is 5.84. The third-order valence-electron chi connectivity index (χ3n) is 2.98. The molecule has 1 aliphatic rings. The third kappa shape index (κ3) is 1.73. The SMILES string of the molecule is N#CC1(S(=O)(=O)c2ccccc2Cl)CC(O)C1. The minimum atomic E-state index is -3.83. The minimum absolute atomic E-state index is 0.0462. The van der Waals surface area contributed by atoms with E-state index in [-0.39, 0.29) is 22.8 Å². The Hall–Kier alpha value is -1.09. The highest BCUT2D eigenvalue weighted by Gasteiger charge is 2.55. The molecule has 90 valence electrons. The maximum Gasteiger partial charge on any atom is 0.199 e. The Morgan fingerprint density at radius 2 is 2.00 bits per heavy atom. The number of hydrogen-bond donors (Lipinski definition) is 1. The smallest absolute Gasteiger partial charge is 0.199 e. The van der Waals surface area contributed by atoms with Gasteiger partial charge in [0, 0.05) is 12.8 Å². The van der Waals surface area contributed by atoms with Crippen LogP contribution in [0.5, 0.6) is 0 Å². The van der Waals surface area contributed by atoms with Crippen molar-refractivity contribution in [2.75, 3.05) is 0 Å². The van der Waals surface area contributed by atoms with E-state index in [9.17, 15) is 13.5 Å². The van der Waals surface area contributed by atoms with Crippen LogP contribution >= 0.6 is 11.6 Å². The van der Waals surface area contributed by atoms with Gasteiger partial charge in [-0.2, -0.15) is 5.26 Å². The standard InChI is InChI=1S/C11H10ClNO3S/c12-9-3-1-2-4-10(9)17(15,16)11(7-13)5-8(14)6-11/h1-4,8,14H,5-6H2. The van der Waals surface area contributed by atoms with Crippen LogP contribution in [0.2, 0.25) is 5.02 Å². The van der Waals surface area contributed by atoms with Crippen LogP contribution in [0.3, 0.4) is 0 Å². The molecule has 1 saturated carbocycles. The van der Waals surface area contributed by atoms with Crippen molar-refractivity contribution in [2.45, 2.75) is 28.6 Å². The Morgan fingerprint density at radius 1 is 1.41 bits per heavy atom. The van der Waals surface area contributed by atoms with Crippen molar-refractivity contribution in [2.24, 2.45) is 0 Å². The average Bonchev–Trinajstić information content (AvgIpc) is 2.24. The lowest BCUT2D eigenvalue weighted by molar-refractivity contribution is 0.0764. The molecule has 2 rings (SSSR count). The second kappa shape index (κ2) is 3.98. The van der Waals surface area contributed by atoms with Crippen molar-refractivity contribution >= 4 is 21.4 Å². The molecule has 1 aliphatic carbocycles. The number of sulfone groups is 1. The number of nitrogens with zero attached hydrogens (tertiary/aromatic N) is 1. The van der Waals surface area contributed by atoms with Crippen LogP contribution in [0.25, 0.3) is 0 Å². The topological polar surface area (TPSA) is 78.2 Å². The summed E-state index contributed by atoms with van der Waals surface area (Å²) in [6, 6.07) is 7.82. The summed E-state index contributed by atoms with van der Waals surface area (Å²) in [6.45, 7) is 0. The first-order chi connectivity index (χ1) is 7.93. The highest BCUT2D eigenvalue weighted by molar-refractivity contribution is 7.93. The molecule has 0 radical (unpaired) electrons. The highest BCUT2D eigenvalue weighted by Crippen LogP contribution is 2.43. The first kappa shape index (κ1) is 12.4. The fraction of sp³-hybridized carbons (Fsp3) is 0.364. The van der Waals surface area contributed by atoms with Crippen LogP contribution in [0, 0.1) is 11.3 Å². The molecule has 0 heterocycles. The Kier molecular flexibility index (Phi) is 2.90. The normalized spacial score (nSPS) is 28.2. The lowest BCUT2D eigenvalue weighted by atomic mass is 9.82. The third-order valence-corrected chi connectivity index (χ3v) is 5.81. The lowest BCUT2D eigenvalue weighted by Crippen LogP contribution is -2.51. The largest absolute Gasteiger partial charge is 0.393 e. The molecule has 0 aromatic heterocycles. The molecule has 0 spiro atoms. The van der Waals surface area contributed by atoms with Crippen molar-refractivity contribution < 1.29 is 13.5 Å². The van der Waals surface area contributed by atoms with Crippen LogP contribution in [-0.4, -0.2) is 24.4 Å². The molecular weight excluding hydrogens is 262 g/mol. The maximum atomic E-state index is 12.3. The van der Waals surface area contributed by atoms with E-state index in [1.807, 2.05) is 0 Å². The average molecular weight is 272 g/mol. The van der Waals surface area contributed by atoms with Crippen LogP contribution in [0.4, 0.5) is 0 Å². The summed E-state index contributed by atoms with van der Waals surface area (Å²) in [5, 5.41) is 18.4. The zero-order chi connectivity index (χ0) is 12.7. The van der Waals surface area contributed by atoms with Gasteiger partial charge in [-0.3, -0.25) is 0 Å². The van der Waals surface area contributed by atoms with E-state index in [1.165, 1.54) is 12.1 Å². The number of aliphatic hydroxyl groups excluding tert-OH is 1. The van der Waals surface area contributed by atoms with Crippen molar-refractivity contribution in [1.29, 1.82) is 5.26 Å². The molecule has 0 atom stereocenters. The van der Waals surface area contributed by atoms with E-state index in [0.717, 1.165) is 0 Å². The van der Waals surface area contributed by atoms with Crippen molar-refractivity contribution in [3.63, 3.8) is 0 Å². The second-order valence-corrected chi connectivity index (χ2v) is 6.74. The lowest BCUT2D eigenvalue weighted by Gasteiger charge is -2.38. The minimum Gasteiger partial charge on any atom is -0.393 e. The number of benzene rings is 1. The van der Waals surface area contributed by atoms with E-state index < -0.39 is 20.7 Å². The Balaban J connectivity index is 2.52. The number of nitriles is 1. The summed E-state index contributed by atoms with van der Waals surface area (Å²) in [5.41, 5.74) is 0. The van der Waals surface area contributed by atoms with Crippen LogP contribution < -0.4 is 0 Å². The number of rotatable bonds is 2. The van der Waals surface area contributed by atoms with Gasteiger partial charge in [0.15, 0.2) is 14.6 Å². The number of aliphatic hydroxyl groups is 1. The predicted octanol–water partition coefficient (Wildman–Crippen LogP) is 1.53. The summed E-state index contributed by atoms with van der Waals surface area (Å²) < 4.78 is 23.1. The molecule has 0 aliphatic heterocycles. The van der Waals surface area contributed by atoms with Crippen molar-refractivity contribution in [3.05, 3.63) is 29.3 Å². The van der Waals surface area contributed by atoms with Crippen LogP contribution in [-0.2, 0) is 9.84 Å². The molecule has 0 saturated heterocycles. The number of halogens is 1. The van der Waals surface area contributed by atoms with Crippen LogP contribution in [0.15, 0.2) is 29.2 Å². The fourth-order valence-corrected chi connectivity index (χ4v) is 4.33. The van der Waals surface area contributed by atoms with Crippen molar-refractivity contribution in [1.82, 2.24) is 0 Å². The zero-order valence-corrected chi connectivity index (χ0v) is 10.4. The van der Waals surface area contributed by atoms with Gasteiger partial charge < -0.3 is 5.11 Å². The molecule has 0 unspecified atom stereocenters. The van der Waals surface area contributed by atoms with Gasteiger partial charge in [-0.05, 0) is 12.1 Å². The number of hydrogen-bond acceptors (Lipinski definition) is 4. The first-order valence-corrected chi connectivity index (χ1v) is 6.87. The van der Waals surface area contributed by atoms with E-state index in [2.05, 4.69) is 0 Å². The highest BCUT2D eigenvalue weighted by atomic mass is 35.5. The van der Waals surface area contributed by atoms with E-state index in [0.29, 0.717) is 0 Å². The molecule has 17 heavy (non-hydrogen) atoms. The second-order valence-electron chi connectivity index (χ2n) is 4.10. The molecule has 0 bridgehead atoms. The van der Waals surface area contributed by atoms with Gasteiger partial charge >= 0.3 is 0 Å². The monoisotopic (exact) mass is 271 g/mol. The Labute approximate surface area is 104 Å². The quantitative estimate of drug-likeness (QED) is 0.885. The molecule has 0 amide bonds. The van der Waals surface area contributed by atoms with Gasteiger partial charge in [-0.25, -0.2) is 8.42 Å². The van der Waals surface area contributed by atoms with Crippen LogP contribution in [0.1, 0.15) is 12.8 Å². The molecular formula is C11H10ClNO3S. The van der Waals surface area contributed by atoms with E-state index in [4.69, 9.17) is 16.9 Å². The Bertz CT molecular complexity index is 585. The Morgan fingerprint density at radius 3 is 2.47 bits per heavy atom. The molecule has 1 aromatic carbocycles. The molecule has 1 fully saturated rings. The van der Waals surface area contributed by atoms with E-state index >= 15 is 0 Å². The summed E-state index contributed by atoms with van der Waals surface area (Å²) in [5.74, 6) is 0. The van der Waals surface area contributed by atoms with Gasteiger partial charge in [0.2, 0.25) is 0 Å². The van der Waals surface area contributed by atoms with Gasteiger partial charge in [0.25, 0.3) is 0 Å². The van der Waals surface area contributed by atoms with Crippen molar-refractivity contribution in [3.8, 4) is 6.07 Å². The van der Waals surface area contributed by atoms with Gasteiger partial charge in [0.05, 0.1) is 22.1 Å². The first-order valence-electron chi connectivity index (χ1n) is 5.01. The van der Waals surface area contributed by atoms with Gasteiger partial charge in [0.1, 0.15) is 0 Å². The van der Waals surface area contributed by atoms with Gasteiger partial charge in [-0.15, -0.1) is 0 Å². The zero-order valence-electron chi connectivity index (χ0n) is 8.80. The van der Waals surface area contributed by atoms with E-state index in [1.54, 1.807) is 18.2 Å². The maximum absolute atomic E-state index is 12.3. The summed E-state index contributed by atoms with van der Waals surface area (Å²) in [4.78, 5) is -0.0462.